The summed E-state index contributed by atoms with van der Waals surface area (Å²) in [6.45, 7) is 0.740. The molecule has 4 heteroatoms. The van der Waals surface area contributed by atoms with Crippen molar-refractivity contribution in [2.75, 3.05) is 5.32 Å². The predicted molar refractivity (Wildman–Crippen MR) is 115 cm³/mol. The summed E-state index contributed by atoms with van der Waals surface area (Å²) in [5, 5.41) is 4.80. The Morgan fingerprint density at radius 2 is 1.68 bits per heavy atom. The van der Waals surface area contributed by atoms with Gasteiger partial charge in [-0.3, -0.25) is 4.79 Å². The van der Waals surface area contributed by atoms with Gasteiger partial charge >= 0.3 is 0 Å². The first-order valence-electron chi connectivity index (χ1n) is 9.14. The number of para-hydroxylation sites is 2. The van der Waals surface area contributed by atoms with Crippen molar-refractivity contribution >= 4 is 45.7 Å². The maximum atomic E-state index is 12.5. The molecule has 28 heavy (non-hydrogen) atoms. The second-order valence-corrected chi connectivity index (χ2v) is 7.35. The van der Waals surface area contributed by atoms with Crippen LogP contribution in [-0.2, 0) is 11.3 Å². The summed E-state index contributed by atoms with van der Waals surface area (Å²) < 4.78 is 2.21. The molecule has 1 aromatic heterocycles. The number of hydrogen-bond donors (Lipinski definition) is 1. The molecule has 0 atom stereocenters. The van der Waals surface area contributed by atoms with Gasteiger partial charge in [-0.2, -0.15) is 0 Å². The Kier molecular flexibility index (Phi) is 4.03. The number of rotatable bonds is 3. The molecule has 136 valence electrons. The standard InChI is InChI=1S/C24H17ClN2O/c25-18-11-9-16(10-12-18)14-27-15-17(19-5-2-4-8-23(19)27)13-21-20-6-1-3-7-22(20)26-24(21)28/h1-13,15H,14H2,(H,26,28). The summed E-state index contributed by atoms with van der Waals surface area (Å²) in [6.07, 6.45) is 4.10. The number of carbonyl (C=O) groups excluding carboxylic acids is 1. The van der Waals surface area contributed by atoms with Gasteiger partial charge in [-0.15, -0.1) is 0 Å². The van der Waals surface area contributed by atoms with Gasteiger partial charge in [0, 0.05) is 51.1 Å². The predicted octanol–water partition coefficient (Wildman–Crippen LogP) is 5.84. The summed E-state index contributed by atoms with van der Waals surface area (Å²) in [5.41, 5.74) is 5.85. The van der Waals surface area contributed by atoms with Gasteiger partial charge < -0.3 is 9.88 Å². The fraction of sp³-hybridized carbons (Fsp3) is 0.0417. The zero-order chi connectivity index (χ0) is 19.1. The fourth-order valence-corrected chi connectivity index (χ4v) is 3.87. The number of carbonyl (C=O) groups is 1. The van der Waals surface area contributed by atoms with Gasteiger partial charge in [0.1, 0.15) is 0 Å². The van der Waals surface area contributed by atoms with Gasteiger partial charge in [0.2, 0.25) is 0 Å². The monoisotopic (exact) mass is 384 g/mol. The number of aromatic nitrogens is 1. The molecule has 3 aromatic carbocycles. The molecule has 1 N–H and O–H groups in total. The van der Waals surface area contributed by atoms with Crippen LogP contribution in [0, 0.1) is 0 Å². The van der Waals surface area contributed by atoms with E-state index in [1.54, 1.807) is 0 Å². The van der Waals surface area contributed by atoms with Crippen molar-refractivity contribution in [3.8, 4) is 0 Å². The van der Waals surface area contributed by atoms with Crippen molar-refractivity contribution in [3.63, 3.8) is 0 Å². The van der Waals surface area contributed by atoms with Crippen LogP contribution in [0.3, 0.4) is 0 Å². The van der Waals surface area contributed by atoms with Crippen LogP contribution in [-0.4, -0.2) is 10.5 Å². The highest BCUT2D eigenvalue weighted by molar-refractivity contribution is 6.35. The number of hydrogen-bond acceptors (Lipinski definition) is 1. The Bertz CT molecular complexity index is 1240. The minimum atomic E-state index is -0.0595. The van der Waals surface area contributed by atoms with E-state index in [0.29, 0.717) is 5.57 Å². The largest absolute Gasteiger partial charge is 0.342 e. The number of nitrogens with one attached hydrogen (secondary N) is 1. The Hall–Kier alpha value is -3.30. The van der Waals surface area contributed by atoms with Gasteiger partial charge in [0.05, 0.1) is 0 Å². The van der Waals surface area contributed by atoms with Crippen molar-refractivity contribution in [1.82, 2.24) is 4.57 Å². The molecule has 0 unspecified atom stereocenters. The molecule has 1 aliphatic rings. The summed E-state index contributed by atoms with van der Waals surface area (Å²) in [5.74, 6) is -0.0595. The molecule has 0 fully saturated rings. The average Bonchev–Trinajstić information content (AvgIpc) is 3.22. The molecule has 0 saturated heterocycles. The molecular weight excluding hydrogens is 368 g/mol. The minimum Gasteiger partial charge on any atom is -0.342 e. The molecule has 0 spiro atoms. The highest BCUT2D eigenvalue weighted by Crippen LogP contribution is 2.34. The Morgan fingerprint density at radius 1 is 0.929 bits per heavy atom. The van der Waals surface area contributed by atoms with Crippen LogP contribution in [0.2, 0.25) is 5.02 Å². The molecule has 0 aliphatic carbocycles. The van der Waals surface area contributed by atoms with Crippen molar-refractivity contribution in [2.45, 2.75) is 6.54 Å². The first-order chi connectivity index (χ1) is 13.7. The van der Waals surface area contributed by atoms with E-state index in [0.717, 1.165) is 39.3 Å². The summed E-state index contributed by atoms with van der Waals surface area (Å²) >= 11 is 6.01. The van der Waals surface area contributed by atoms with Crippen LogP contribution in [0.4, 0.5) is 5.69 Å². The minimum absolute atomic E-state index is 0.0595. The second-order valence-electron chi connectivity index (χ2n) is 6.91. The van der Waals surface area contributed by atoms with Gasteiger partial charge in [-0.1, -0.05) is 60.1 Å². The maximum Gasteiger partial charge on any atom is 0.256 e. The highest BCUT2D eigenvalue weighted by Gasteiger charge is 2.23. The van der Waals surface area contributed by atoms with E-state index in [2.05, 4.69) is 28.2 Å². The third-order valence-corrected chi connectivity index (χ3v) is 5.35. The first-order valence-corrected chi connectivity index (χ1v) is 9.51. The fourth-order valence-electron chi connectivity index (χ4n) is 3.75. The number of anilines is 1. The molecular formula is C24H17ClN2O. The Balaban J connectivity index is 1.61. The van der Waals surface area contributed by atoms with E-state index in [-0.39, 0.29) is 5.91 Å². The lowest BCUT2D eigenvalue weighted by Gasteiger charge is -2.05. The zero-order valence-electron chi connectivity index (χ0n) is 15.0. The molecule has 1 amide bonds. The van der Waals surface area contributed by atoms with Crippen LogP contribution in [0.15, 0.2) is 79.0 Å². The molecule has 0 saturated carbocycles. The van der Waals surface area contributed by atoms with Crippen molar-refractivity contribution < 1.29 is 4.79 Å². The van der Waals surface area contributed by atoms with Crippen molar-refractivity contribution in [1.29, 1.82) is 0 Å². The molecule has 5 rings (SSSR count). The third-order valence-electron chi connectivity index (χ3n) is 5.10. The molecule has 3 nitrogen and oxygen atoms in total. The van der Waals surface area contributed by atoms with Gasteiger partial charge in [-0.05, 0) is 35.9 Å². The maximum absolute atomic E-state index is 12.5. The molecule has 0 bridgehead atoms. The third kappa shape index (κ3) is 2.90. The Labute approximate surface area is 167 Å². The lowest BCUT2D eigenvalue weighted by atomic mass is 10.0. The van der Waals surface area contributed by atoms with Gasteiger partial charge in [-0.25, -0.2) is 0 Å². The van der Waals surface area contributed by atoms with E-state index in [4.69, 9.17) is 11.6 Å². The van der Waals surface area contributed by atoms with E-state index in [9.17, 15) is 4.79 Å². The quantitative estimate of drug-likeness (QED) is 0.442. The van der Waals surface area contributed by atoms with Crippen LogP contribution >= 0.6 is 11.6 Å². The van der Waals surface area contributed by atoms with E-state index in [1.807, 2.05) is 66.7 Å². The summed E-state index contributed by atoms with van der Waals surface area (Å²) in [6, 6.07) is 24.0. The molecule has 4 aromatic rings. The van der Waals surface area contributed by atoms with Gasteiger partial charge in [0.25, 0.3) is 5.91 Å². The average molecular weight is 385 g/mol. The van der Waals surface area contributed by atoms with Crippen LogP contribution in [0.25, 0.3) is 22.6 Å². The van der Waals surface area contributed by atoms with Crippen molar-refractivity contribution in [2.24, 2.45) is 0 Å². The van der Waals surface area contributed by atoms with Crippen molar-refractivity contribution in [3.05, 3.63) is 101 Å². The molecule has 2 heterocycles. The molecule has 1 aliphatic heterocycles. The van der Waals surface area contributed by atoms with E-state index in [1.165, 1.54) is 5.56 Å². The number of amides is 1. The lowest BCUT2D eigenvalue weighted by molar-refractivity contribution is -0.110. The normalized spacial score (nSPS) is 14.5. The zero-order valence-corrected chi connectivity index (χ0v) is 15.8. The van der Waals surface area contributed by atoms with Crippen LogP contribution < -0.4 is 5.32 Å². The molecule has 0 radical (unpaired) electrons. The van der Waals surface area contributed by atoms with Gasteiger partial charge in [0.15, 0.2) is 0 Å². The van der Waals surface area contributed by atoms with Crippen LogP contribution in [0.5, 0.6) is 0 Å². The lowest BCUT2D eigenvalue weighted by Crippen LogP contribution is -2.03. The van der Waals surface area contributed by atoms with Crippen LogP contribution in [0.1, 0.15) is 16.7 Å². The van der Waals surface area contributed by atoms with E-state index >= 15 is 0 Å². The smallest absolute Gasteiger partial charge is 0.256 e. The number of fused-ring (bicyclic) bond motifs is 2. The Morgan fingerprint density at radius 3 is 2.54 bits per heavy atom. The number of nitrogens with zero attached hydrogens (tertiary/aromatic N) is 1. The SMILES string of the molecule is O=C1Nc2ccccc2C1=Cc1cn(Cc2ccc(Cl)cc2)c2ccccc12. The van der Waals surface area contributed by atoms with E-state index < -0.39 is 0 Å². The summed E-state index contributed by atoms with van der Waals surface area (Å²) in [7, 11) is 0. The number of halogens is 1. The topological polar surface area (TPSA) is 34.0 Å². The highest BCUT2D eigenvalue weighted by atomic mass is 35.5. The second kappa shape index (κ2) is 6.70. The summed E-state index contributed by atoms with van der Waals surface area (Å²) in [4.78, 5) is 12.5. The first kappa shape index (κ1) is 16.8. The number of benzene rings is 3.